The zero-order valence-electron chi connectivity index (χ0n) is 10.8. The molecule has 0 aliphatic carbocycles. The number of hydrogen-bond donors (Lipinski definition) is 1. The predicted molar refractivity (Wildman–Crippen MR) is 73.1 cm³/mol. The lowest BCUT2D eigenvalue weighted by molar-refractivity contribution is -0.140. The Morgan fingerprint density at radius 3 is 2.48 bits per heavy atom. The van der Waals surface area contributed by atoms with Crippen LogP contribution < -0.4 is 5.32 Å². The number of halogens is 6. The number of hydrogen-bond acceptors (Lipinski definition) is 2. The van der Waals surface area contributed by atoms with Crippen molar-refractivity contribution in [2.24, 2.45) is 0 Å². The number of alkyl halides is 3. The van der Waals surface area contributed by atoms with E-state index in [1.807, 2.05) is 0 Å². The number of fused-ring (bicyclic) bond motifs is 1. The Morgan fingerprint density at radius 2 is 1.90 bits per heavy atom. The Balaban J connectivity index is 2.81. The molecule has 1 N–H and O–H groups in total. The fourth-order valence-electron chi connectivity index (χ4n) is 1.85. The van der Waals surface area contributed by atoms with Crippen LogP contribution in [-0.2, 0) is 6.18 Å². The molecule has 0 radical (unpaired) electrons. The highest BCUT2D eigenvalue weighted by Gasteiger charge is 2.34. The summed E-state index contributed by atoms with van der Waals surface area (Å²) in [6.45, 7) is 2.12. The first kappa shape index (κ1) is 15.9. The fourth-order valence-corrected chi connectivity index (χ4v) is 2.25. The molecule has 0 atom stereocenters. The molecule has 114 valence electrons. The highest BCUT2D eigenvalue weighted by atomic mass is 79.9. The van der Waals surface area contributed by atoms with Crippen molar-refractivity contribution in [1.29, 1.82) is 0 Å². The molecule has 0 bridgehead atoms. The number of pyridine rings is 1. The van der Waals surface area contributed by atoms with Crippen molar-refractivity contribution in [3.8, 4) is 0 Å². The second-order valence-electron chi connectivity index (χ2n) is 4.36. The Bertz CT molecular complexity index is 685. The molecule has 0 fully saturated rings. The van der Waals surface area contributed by atoms with E-state index in [2.05, 4.69) is 26.2 Å². The minimum absolute atomic E-state index is 0.133. The van der Waals surface area contributed by atoms with Gasteiger partial charge in [0, 0.05) is 12.2 Å². The molecule has 2 aromatic rings. The van der Waals surface area contributed by atoms with E-state index in [1.54, 1.807) is 6.92 Å². The van der Waals surface area contributed by atoms with Gasteiger partial charge in [0.15, 0.2) is 5.82 Å². The first-order valence-electron chi connectivity index (χ1n) is 6.05. The number of benzene rings is 1. The van der Waals surface area contributed by atoms with E-state index in [1.165, 1.54) is 0 Å². The second-order valence-corrected chi connectivity index (χ2v) is 5.21. The maximum atomic E-state index is 14.1. The summed E-state index contributed by atoms with van der Waals surface area (Å²) in [5, 5.41) is 2.38. The Labute approximate surface area is 125 Å². The third kappa shape index (κ3) is 3.09. The van der Waals surface area contributed by atoms with E-state index in [4.69, 9.17) is 0 Å². The Hall–Kier alpha value is -1.44. The molecule has 1 heterocycles. The van der Waals surface area contributed by atoms with Gasteiger partial charge in [-0.15, -0.1) is 0 Å². The van der Waals surface area contributed by atoms with Gasteiger partial charge in [0.1, 0.15) is 17.0 Å². The normalized spacial score (nSPS) is 12.0. The summed E-state index contributed by atoms with van der Waals surface area (Å²) in [6.07, 6.45) is -4.13. The van der Waals surface area contributed by atoms with Crippen molar-refractivity contribution in [2.45, 2.75) is 19.5 Å². The van der Waals surface area contributed by atoms with Gasteiger partial charge >= 0.3 is 6.18 Å². The molecule has 0 saturated carbocycles. The molecular weight excluding hydrogens is 359 g/mol. The summed E-state index contributed by atoms with van der Waals surface area (Å²) in [5.41, 5.74) is -2.05. The molecule has 21 heavy (non-hydrogen) atoms. The lowest BCUT2D eigenvalue weighted by atomic mass is 10.1. The van der Waals surface area contributed by atoms with E-state index in [0.29, 0.717) is 19.0 Å². The first-order chi connectivity index (χ1) is 9.75. The summed E-state index contributed by atoms with van der Waals surface area (Å²) in [4.78, 5) is 3.22. The molecule has 0 unspecified atom stereocenters. The summed E-state index contributed by atoms with van der Waals surface area (Å²) in [5.74, 6) is -1.88. The largest absolute Gasteiger partial charge is 0.433 e. The molecule has 0 spiro atoms. The Kier molecular flexibility index (Phi) is 4.36. The average molecular weight is 369 g/mol. The number of aromatic nitrogens is 1. The van der Waals surface area contributed by atoms with Crippen LogP contribution in [-0.4, -0.2) is 11.5 Å². The Morgan fingerprint density at radius 1 is 1.24 bits per heavy atom. The van der Waals surface area contributed by atoms with Gasteiger partial charge in [0.2, 0.25) is 0 Å². The molecule has 2 rings (SSSR count). The smallest absolute Gasteiger partial charge is 0.384 e. The van der Waals surface area contributed by atoms with Crippen LogP contribution >= 0.6 is 15.9 Å². The molecule has 0 aliphatic rings. The fraction of sp³-hybridized carbons (Fsp3) is 0.308. The molecule has 1 aromatic heterocycles. The van der Waals surface area contributed by atoms with Crippen LogP contribution in [0, 0.1) is 11.6 Å². The topological polar surface area (TPSA) is 24.9 Å². The number of nitrogens with zero attached hydrogens (tertiary/aromatic N) is 1. The molecular formula is C13H10BrF5N2. The van der Waals surface area contributed by atoms with Crippen LogP contribution in [0.1, 0.15) is 19.0 Å². The second kappa shape index (κ2) is 5.75. The van der Waals surface area contributed by atoms with Gasteiger partial charge in [0.25, 0.3) is 0 Å². The van der Waals surface area contributed by atoms with Gasteiger partial charge in [-0.25, -0.2) is 13.8 Å². The minimum Gasteiger partial charge on any atom is -0.384 e. The van der Waals surface area contributed by atoms with E-state index in [9.17, 15) is 22.0 Å². The van der Waals surface area contributed by atoms with E-state index < -0.39 is 29.0 Å². The van der Waals surface area contributed by atoms with Gasteiger partial charge < -0.3 is 5.32 Å². The van der Waals surface area contributed by atoms with Crippen molar-refractivity contribution >= 4 is 32.5 Å². The lowest BCUT2D eigenvalue weighted by Gasteiger charge is -2.14. The van der Waals surface area contributed by atoms with Gasteiger partial charge in [0.05, 0.1) is 9.86 Å². The predicted octanol–water partition coefficient (Wildman–Crippen LogP) is 5.12. The standard InChI is InChI=1S/C13H10BrF5N2/c1-2-3-20-8-5-9(13(17,18)19)21-12-7(15)4-6(14)11(16)10(8)12/h4-5H,2-3H2,1H3,(H,20,21). The third-order valence-electron chi connectivity index (χ3n) is 2.78. The van der Waals surface area contributed by atoms with E-state index in [-0.39, 0.29) is 15.5 Å². The lowest BCUT2D eigenvalue weighted by Crippen LogP contribution is -2.11. The van der Waals surface area contributed by atoms with Crippen LogP contribution in [0.5, 0.6) is 0 Å². The molecule has 1 aromatic carbocycles. The monoisotopic (exact) mass is 368 g/mol. The maximum Gasteiger partial charge on any atom is 0.433 e. The van der Waals surface area contributed by atoms with E-state index >= 15 is 0 Å². The molecule has 0 amide bonds. The first-order valence-corrected chi connectivity index (χ1v) is 6.84. The zero-order chi connectivity index (χ0) is 15.8. The molecule has 8 heteroatoms. The SMILES string of the molecule is CCCNc1cc(C(F)(F)F)nc2c(F)cc(Br)c(F)c12. The number of rotatable bonds is 3. The van der Waals surface area contributed by atoms with Crippen LogP contribution in [0.4, 0.5) is 27.6 Å². The van der Waals surface area contributed by atoms with Crippen LogP contribution in [0.15, 0.2) is 16.6 Å². The zero-order valence-corrected chi connectivity index (χ0v) is 12.4. The van der Waals surface area contributed by atoms with Gasteiger partial charge in [-0.1, -0.05) is 6.92 Å². The number of anilines is 1. The average Bonchev–Trinajstić information content (AvgIpc) is 2.40. The van der Waals surface area contributed by atoms with Gasteiger partial charge in [-0.2, -0.15) is 13.2 Å². The highest BCUT2D eigenvalue weighted by Crippen LogP contribution is 2.36. The van der Waals surface area contributed by atoms with Gasteiger partial charge in [-0.05, 0) is 34.5 Å². The van der Waals surface area contributed by atoms with Crippen molar-refractivity contribution in [1.82, 2.24) is 4.98 Å². The van der Waals surface area contributed by atoms with Crippen molar-refractivity contribution in [2.75, 3.05) is 11.9 Å². The summed E-state index contributed by atoms with van der Waals surface area (Å²) >= 11 is 2.83. The van der Waals surface area contributed by atoms with Crippen LogP contribution in [0.3, 0.4) is 0 Å². The number of nitrogens with one attached hydrogen (secondary N) is 1. The van der Waals surface area contributed by atoms with Crippen LogP contribution in [0.25, 0.3) is 10.9 Å². The molecule has 0 aliphatic heterocycles. The highest BCUT2D eigenvalue weighted by molar-refractivity contribution is 9.10. The quantitative estimate of drug-likeness (QED) is 0.600. The third-order valence-corrected chi connectivity index (χ3v) is 3.36. The van der Waals surface area contributed by atoms with E-state index in [0.717, 1.165) is 6.07 Å². The van der Waals surface area contributed by atoms with Crippen LogP contribution in [0.2, 0.25) is 0 Å². The molecule has 2 nitrogen and oxygen atoms in total. The summed E-state index contributed by atoms with van der Waals surface area (Å²) in [7, 11) is 0. The summed E-state index contributed by atoms with van der Waals surface area (Å²) in [6, 6.07) is 1.45. The van der Waals surface area contributed by atoms with Crippen molar-refractivity contribution in [3.05, 3.63) is 33.9 Å². The van der Waals surface area contributed by atoms with Crippen molar-refractivity contribution in [3.63, 3.8) is 0 Å². The summed E-state index contributed by atoms with van der Waals surface area (Å²) < 4.78 is 66.2. The minimum atomic E-state index is -4.74. The maximum absolute atomic E-state index is 14.1. The van der Waals surface area contributed by atoms with Gasteiger partial charge in [-0.3, -0.25) is 0 Å². The molecule has 0 saturated heterocycles. The van der Waals surface area contributed by atoms with Crippen molar-refractivity contribution < 1.29 is 22.0 Å².